The summed E-state index contributed by atoms with van der Waals surface area (Å²) in [5.41, 5.74) is -0.616. The van der Waals surface area contributed by atoms with Crippen LogP contribution >= 0.6 is 11.6 Å². The van der Waals surface area contributed by atoms with E-state index in [1.54, 1.807) is 0 Å². The molecule has 1 aromatic heterocycles. The second-order valence-corrected chi connectivity index (χ2v) is 4.30. The smallest absolute Gasteiger partial charge is 0.311 e. The van der Waals surface area contributed by atoms with Gasteiger partial charge in [0.2, 0.25) is 5.82 Å². The number of hydrogen-bond donors (Lipinski definition) is 3. The van der Waals surface area contributed by atoms with Crippen LogP contribution in [0.25, 0.3) is 0 Å². The Morgan fingerprint density at radius 1 is 1.29 bits per heavy atom. The van der Waals surface area contributed by atoms with E-state index in [4.69, 9.17) is 16.7 Å². The number of nitrogens with zero attached hydrogens (tertiary/aromatic N) is 2. The predicted molar refractivity (Wildman–Crippen MR) is 73.6 cm³/mol. The lowest BCUT2D eigenvalue weighted by Crippen LogP contribution is -2.14. The van der Waals surface area contributed by atoms with Crippen molar-refractivity contribution >= 4 is 29.0 Å². The first-order valence-electron chi connectivity index (χ1n) is 5.53. The molecule has 21 heavy (non-hydrogen) atoms. The maximum atomic E-state index is 12.0. The summed E-state index contributed by atoms with van der Waals surface area (Å²) in [6.07, 6.45) is 0. The van der Waals surface area contributed by atoms with Crippen molar-refractivity contribution in [2.24, 2.45) is 0 Å². The summed E-state index contributed by atoms with van der Waals surface area (Å²) in [4.78, 5) is 25.8. The van der Waals surface area contributed by atoms with E-state index in [1.807, 2.05) is 0 Å². The van der Waals surface area contributed by atoms with Gasteiger partial charge in [0.25, 0.3) is 5.91 Å². The van der Waals surface area contributed by atoms with Crippen molar-refractivity contribution in [3.8, 4) is 11.5 Å². The minimum atomic E-state index is -0.828. The van der Waals surface area contributed by atoms with Gasteiger partial charge < -0.3 is 15.5 Å². The molecule has 1 heterocycles. The van der Waals surface area contributed by atoms with E-state index in [0.29, 0.717) is 0 Å². The zero-order valence-electron chi connectivity index (χ0n) is 10.3. The van der Waals surface area contributed by atoms with Crippen LogP contribution in [0, 0.1) is 10.1 Å². The number of carbonyl (C=O) groups excluding carboxylic acids is 1. The van der Waals surface area contributed by atoms with Gasteiger partial charge in [-0.15, -0.1) is 0 Å². The highest BCUT2D eigenvalue weighted by molar-refractivity contribution is 6.29. The van der Waals surface area contributed by atoms with Gasteiger partial charge in [0.05, 0.1) is 10.5 Å². The molecule has 2 rings (SSSR count). The number of amides is 1. The lowest BCUT2D eigenvalue weighted by atomic mass is 10.2. The number of nitrogens with one attached hydrogen (secondary N) is 1. The predicted octanol–water partition coefficient (Wildman–Crippen LogP) is 2.31. The highest BCUT2D eigenvalue weighted by atomic mass is 35.5. The number of benzene rings is 1. The molecule has 0 aliphatic rings. The second-order valence-electron chi connectivity index (χ2n) is 3.91. The van der Waals surface area contributed by atoms with Gasteiger partial charge in [-0.25, -0.2) is 4.98 Å². The average Bonchev–Trinajstić information content (AvgIpc) is 2.37. The fraction of sp³-hybridized carbons (Fsp3) is 0. The molecule has 0 radical (unpaired) electrons. The molecule has 0 saturated heterocycles. The van der Waals surface area contributed by atoms with Crippen molar-refractivity contribution in [3.05, 3.63) is 51.2 Å². The summed E-state index contributed by atoms with van der Waals surface area (Å²) in [5.74, 6) is -1.87. The van der Waals surface area contributed by atoms with Crippen LogP contribution in [0.4, 0.5) is 11.5 Å². The third-order valence-corrected chi connectivity index (χ3v) is 2.71. The molecule has 2 aromatic rings. The summed E-state index contributed by atoms with van der Waals surface area (Å²) in [5, 5.41) is 31.7. The minimum absolute atomic E-state index is 0.0363. The number of halogens is 1. The Bertz CT molecular complexity index is 735. The number of nitro groups is 1. The highest BCUT2D eigenvalue weighted by Crippen LogP contribution is 2.27. The van der Waals surface area contributed by atoms with Crippen molar-refractivity contribution in [1.82, 2.24) is 4.98 Å². The van der Waals surface area contributed by atoms with Crippen molar-refractivity contribution in [2.75, 3.05) is 5.32 Å². The molecule has 1 aromatic carbocycles. The van der Waals surface area contributed by atoms with Gasteiger partial charge in [0.15, 0.2) is 0 Å². The number of phenolic OH excluding ortho intramolecular Hbond substituents is 2. The molecule has 0 fully saturated rings. The normalized spacial score (nSPS) is 10.1. The number of aromatic nitrogens is 1. The van der Waals surface area contributed by atoms with Gasteiger partial charge in [-0.1, -0.05) is 11.6 Å². The third-order valence-electron chi connectivity index (χ3n) is 2.49. The average molecular weight is 310 g/mol. The Balaban J connectivity index is 2.35. The van der Waals surface area contributed by atoms with Crippen molar-refractivity contribution in [1.29, 1.82) is 0 Å². The molecule has 0 unspecified atom stereocenters. The first-order valence-corrected chi connectivity index (χ1v) is 5.90. The Labute approximate surface area is 122 Å². The first-order chi connectivity index (χ1) is 9.88. The van der Waals surface area contributed by atoms with Gasteiger partial charge in [-0.05, 0) is 18.2 Å². The van der Waals surface area contributed by atoms with Crippen LogP contribution in [0.1, 0.15) is 10.4 Å². The van der Waals surface area contributed by atoms with Gasteiger partial charge in [-0.2, -0.15) is 0 Å². The molecule has 0 atom stereocenters. The molecule has 0 bridgehead atoms. The molecule has 8 nitrogen and oxygen atoms in total. The lowest BCUT2D eigenvalue weighted by molar-refractivity contribution is -0.384. The van der Waals surface area contributed by atoms with E-state index >= 15 is 0 Å². The van der Waals surface area contributed by atoms with Crippen LogP contribution in [0.3, 0.4) is 0 Å². The van der Waals surface area contributed by atoms with E-state index in [9.17, 15) is 20.0 Å². The monoisotopic (exact) mass is 309 g/mol. The largest absolute Gasteiger partial charge is 0.508 e. The number of rotatable bonds is 3. The molecule has 0 saturated carbocycles. The van der Waals surface area contributed by atoms with Crippen LogP contribution in [-0.4, -0.2) is 26.0 Å². The third kappa shape index (κ3) is 3.18. The van der Waals surface area contributed by atoms with Crippen molar-refractivity contribution < 1.29 is 19.9 Å². The lowest BCUT2D eigenvalue weighted by Gasteiger charge is -2.07. The number of phenols is 2. The van der Waals surface area contributed by atoms with E-state index < -0.39 is 22.3 Å². The molecule has 3 N–H and O–H groups in total. The van der Waals surface area contributed by atoms with Crippen LogP contribution in [0.2, 0.25) is 5.15 Å². The van der Waals surface area contributed by atoms with Gasteiger partial charge in [0, 0.05) is 12.1 Å². The fourth-order valence-electron chi connectivity index (χ4n) is 1.55. The topological polar surface area (TPSA) is 126 Å². The zero-order chi connectivity index (χ0) is 15.6. The van der Waals surface area contributed by atoms with E-state index in [0.717, 1.165) is 18.2 Å². The number of anilines is 1. The molecule has 0 spiro atoms. The fourth-order valence-corrected chi connectivity index (χ4v) is 1.70. The number of carbonyl (C=O) groups is 1. The standard InChI is InChI=1S/C12H8ClN3O5/c13-10-4-3-8(16(20)21)11(14-10)15-12(19)7-2-1-6(17)5-9(7)18/h1-5,17-18H,(H,14,15,19). The maximum absolute atomic E-state index is 12.0. The summed E-state index contributed by atoms with van der Waals surface area (Å²) in [6.45, 7) is 0. The number of aromatic hydroxyl groups is 2. The van der Waals surface area contributed by atoms with Gasteiger partial charge in [0.1, 0.15) is 16.7 Å². The summed E-state index contributed by atoms with van der Waals surface area (Å²) >= 11 is 5.64. The summed E-state index contributed by atoms with van der Waals surface area (Å²) in [7, 11) is 0. The molecule has 0 aliphatic carbocycles. The molecular weight excluding hydrogens is 302 g/mol. The van der Waals surface area contributed by atoms with E-state index in [-0.39, 0.29) is 22.3 Å². The molecule has 0 aliphatic heterocycles. The molecule has 108 valence electrons. The van der Waals surface area contributed by atoms with E-state index in [1.165, 1.54) is 12.1 Å². The molecule has 9 heteroatoms. The zero-order valence-corrected chi connectivity index (χ0v) is 11.0. The van der Waals surface area contributed by atoms with Crippen LogP contribution in [0.5, 0.6) is 11.5 Å². The Morgan fingerprint density at radius 2 is 2.00 bits per heavy atom. The molecular formula is C12H8ClN3O5. The maximum Gasteiger partial charge on any atom is 0.311 e. The summed E-state index contributed by atoms with van der Waals surface area (Å²) in [6, 6.07) is 5.63. The Hall–Kier alpha value is -2.87. The van der Waals surface area contributed by atoms with Crippen LogP contribution in [0.15, 0.2) is 30.3 Å². The Kier molecular flexibility index (Phi) is 3.90. The van der Waals surface area contributed by atoms with Gasteiger partial charge in [-0.3, -0.25) is 14.9 Å². The van der Waals surface area contributed by atoms with Crippen molar-refractivity contribution in [3.63, 3.8) is 0 Å². The Morgan fingerprint density at radius 3 is 2.62 bits per heavy atom. The van der Waals surface area contributed by atoms with E-state index in [2.05, 4.69) is 10.3 Å². The summed E-state index contributed by atoms with van der Waals surface area (Å²) < 4.78 is 0. The molecule has 1 amide bonds. The highest BCUT2D eigenvalue weighted by Gasteiger charge is 2.20. The minimum Gasteiger partial charge on any atom is -0.508 e. The SMILES string of the molecule is O=C(Nc1nc(Cl)ccc1[N+](=O)[O-])c1ccc(O)cc1O. The first kappa shape index (κ1) is 14.5. The second kappa shape index (κ2) is 5.63. The van der Waals surface area contributed by atoms with Crippen LogP contribution in [-0.2, 0) is 0 Å². The quantitative estimate of drug-likeness (QED) is 0.454. The van der Waals surface area contributed by atoms with Gasteiger partial charge >= 0.3 is 5.69 Å². The number of pyridine rings is 1. The number of hydrogen-bond acceptors (Lipinski definition) is 6. The van der Waals surface area contributed by atoms with Crippen molar-refractivity contribution in [2.45, 2.75) is 0 Å². The van der Waals surface area contributed by atoms with Crippen LogP contribution < -0.4 is 5.32 Å².